The second-order valence-electron chi connectivity index (χ2n) is 3.51. The van der Waals surface area contributed by atoms with Crippen LogP contribution in [0.3, 0.4) is 0 Å². The van der Waals surface area contributed by atoms with E-state index >= 15 is 0 Å². The number of nitrogen functional groups attached to an aromatic ring is 1. The third-order valence-corrected chi connectivity index (χ3v) is 2.20. The first kappa shape index (κ1) is 11.1. The molecular weight excluding hydrogens is 220 g/mol. The first-order valence-electron chi connectivity index (χ1n) is 5.08. The molecule has 1 amide bonds. The molecule has 17 heavy (non-hydrogen) atoms. The molecule has 1 heterocycles. The molecule has 88 valence electrons. The minimum Gasteiger partial charge on any atom is -0.399 e. The van der Waals surface area contributed by atoms with Crippen LogP contribution in [0.25, 0.3) is 0 Å². The number of nitrogens with one attached hydrogen (secondary N) is 1. The molecule has 0 saturated carbocycles. The van der Waals surface area contributed by atoms with Crippen LogP contribution in [-0.4, -0.2) is 23.1 Å². The lowest BCUT2D eigenvalue weighted by Gasteiger charge is -1.97. The second-order valence-corrected chi connectivity index (χ2v) is 3.51. The Morgan fingerprint density at radius 2 is 2.35 bits per heavy atom. The molecule has 6 heteroatoms. The zero-order chi connectivity index (χ0) is 12.3. The maximum atomic E-state index is 11.2. The van der Waals surface area contributed by atoms with Crippen LogP contribution in [0.15, 0.2) is 28.8 Å². The topological polar surface area (TPSA) is 94.0 Å². The van der Waals surface area contributed by atoms with Crippen LogP contribution in [-0.2, 0) is 6.42 Å². The van der Waals surface area contributed by atoms with Crippen LogP contribution in [0.2, 0.25) is 0 Å². The van der Waals surface area contributed by atoms with Crippen molar-refractivity contribution in [3.05, 3.63) is 41.5 Å². The number of nitrogens with zero attached hydrogens (tertiary/aromatic N) is 2. The van der Waals surface area contributed by atoms with Gasteiger partial charge in [0.05, 0.1) is 6.42 Å². The Kier molecular flexibility index (Phi) is 3.04. The molecule has 0 unspecified atom stereocenters. The van der Waals surface area contributed by atoms with E-state index in [1.165, 1.54) is 7.05 Å². The minimum atomic E-state index is -0.368. The first-order valence-corrected chi connectivity index (χ1v) is 5.08. The number of hydrogen-bond donors (Lipinski definition) is 2. The van der Waals surface area contributed by atoms with Crippen molar-refractivity contribution >= 4 is 11.6 Å². The fraction of sp³-hybridized carbons (Fsp3) is 0.182. The van der Waals surface area contributed by atoms with E-state index in [4.69, 9.17) is 10.3 Å². The highest BCUT2D eigenvalue weighted by molar-refractivity contribution is 5.89. The van der Waals surface area contributed by atoms with Crippen LogP contribution < -0.4 is 11.1 Å². The molecule has 2 aromatic rings. The Labute approximate surface area is 97.8 Å². The Bertz CT molecular complexity index is 536. The highest BCUT2D eigenvalue weighted by atomic mass is 16.5. The minimum absolute atomic E-state index is 0.0337. The SMILES string of the molecule is CNC(=O)c1noc(Cc2cccc(N)c2)n1. The van der Waals surface area contributed by atoms with Gasteiger partial charge in [-0.15, -0.1) is 0 Å². The maximum Gasteiger partial charge on any atom is 0.292 e. The van der Waals surface area contributed by atoms with Gasteiger partial charge in [0.25, 0.3) is 11.7 Å². The number of rotatable bonds is 3. The summed E-state index contributed by atoms with van der Waals surface area (Å²) >= 11 is 0. The van der Waals surface area contributed by atoms with Gasteiger partial charge in [-0.2, -0.15) is 4.98 Å². The number of anilines is 1. The molecule has 0 aliphatic heterocycles. The molecule has 0 spiro atoms. The summed E-state index contributed by atoms with van der Waals surface area (Å²) in [4.78, 5) is 15.2. The Balaban J connectivity index is 2.14. The number of nitrogens with two attached hydrogens (primary N) is 1. The van der Waals surface area contributed by atoms with Gasteiger partial charge in [-0.05, 0) is 17.7 Å². The Morgan fingerprint density at radius 3 is 3.06 bits per heavy atom. The number of aromatic nitrogens is 2. The van der Waals surface area contributed by atoms with E-state index in [1.54, 1.807) is 6.07 Å². The summed E-state index contributed by atoms with van der Waals surface area (Å²) in [5, 5.41) is 6.00. The molecule has 6 nitrogen and oxygen atoms in total. The summed E-state index contributed by atoms with van der Waals surface area (Å²) in [5.41, 5.74) is 7.29. The third kappa shape index (κ3) is 2.60. The van der Waals surface area contributed by atoms with Crippen molar-refractivity contribution in [2.75, 3.05) is 12.8 Å². The number of benzene rings is 1. The van der Waals surface area contributed by atoms with E-state index in [-0.39, 0.29) is 11.7 Å². The van der Waals surface area contributed by atoms with Crippen molar-refractivity contribution in [1.29, 1.82) is 0 Å². The monoisotopic (exact) mass is 232 g/mol. The first-order chi connectivity index (χ1) is 8.19. The highest BCUT2D eigenvalue weighted by Crippen LogP contribution is 2.11. The summed E-state index contributed by atoms with van der Waals surface area (Å²) in [7, 11) is 1.51. The van der Waals surface area contributed by atoms with Gasteiger partial charge in [-0.25, -0.2) is 0 Å². The predicted octanol–water partition coefficient (Wildman–Crippen LogP) is 0.602. The van der Waals surface area contributed by atoms with E-state index in [1.807, 2.05) is 18.2 Å². The zero-order valence-corrected chi connectivity index (χ0v) is 9.30. The van der Waals surface area contributed by atoms with Crippen LogP contribution in [0, 0.1) is 0 Å². The quantitative estimate of drug-likeness (QED) is 0.756. The van der Waals surface area contributed by atoms with Crippen LogP contribution in [0.4, 0.5) is 5.69 Å². The predicted molar refractivity (Wildman–Crippen MR) is 61.3 cm³/mol. The summed E-state index contributed by atoms with van der Waals surface area (Å²) < 4.78 is 4.97. The van der Waals surface area contributed by atoms with Crippen molar-refractivity contribution in [1.82, 2.24) is 15.5 Å². The molecule has 2 rings (SSSR count). The van der Waals surface area contributed by atoms with Gasteiger partial charge >= 0.3 is 0 Å². The van der Waals surface area contributed by atoms with Crippen molar-refractivity contribution in [3.63, 3.8) is 0 Å². The third-order valence-electron chi connectivity index (χ3n) is 2.20. The molecule has 1 aromatic carbocycles. The number of amides is 1. The van der Waals surface area contributed by atoms with Gasteiger partial charge in [0.2, 0.25) is 5.89 Å². The van der Waals surface area contributed by atoms with Crippen molar-refractivity contribution in [3.8, 4) is 0 Å². The van der Waals surface area contributed by atoms with Crippen molar-refractivity contribution in [2.24, 2.45) is 0 Å². The van der Waals surface area contributed by atoms with Gasteiger partial charge in [0.1, 0.15) is 0 Å². The Morgan fingerprint density at radius 1 is 1.53 bits per heavy atom. The van der Waals surface area contributed by atoms with E-state index in [0.29, 0.717) is 18.0 Å². The van der Waals surface area contributed by atoms with Crippen molar-refractivity contribution < 1.29 is 9.32 Å². The summed E-state index contributed by atoms with van der Waals surface area (Å²) in [6.45, 7) is 0. The average Bonchev–Trinajstić information content (AvgIpc) is 2.76. The van der Waals surface area contributed by atoms with Crippen LogP contribution in [0.5, 0.6) is 0 Å². The van der Waals surface area contributed by atoms with Crippen LogP contribution >= 0.6 is 0 Å². The normalized spacial score (nSPS) is 10.2. The lowest BCUT2D eigenvalue weighted by atomic mass is 10.1. The van der Waals surface area contributed by atoms with Gasteiger partial charge in [-0.1, -0.05) is 17.3 Å². The molecule has 0 saturated heterocycles. The molecule has 0 aliphatic rings. The smallest absolute Gasteiger partial charge is 0.292 e. The number of hydrogen-bond acceptors (Lipinski definition) is 5. The Hall–Kier alpha value is -2.37. The molecule has 0 aliphatic carbocycles. The van der Waals surface area contributed by atoms with E-state index in [2.05, 4.69) is 15.5 Å². The van der Waals surface area contributed by atoms with Crippen LogP contribution in [0.1, 0.15) is 22.1 Å². The standard InChI is InChI=1S/C11H12N4O2/c1-13-11(16)10-14-9(17-15-10)6-7-3-2-4-8(12)5-7/h2-5H,6,12H2,1H3,(H,13,16). The van der Waals surface area contributed by atoms with Gasteiger partial charge in [-0.3, -0.25) is 4.79 Å². The summed E-state index contributed by atoms with van der Waals surface area (Å²) in [6, 6.07) is 7.37. The lowest BCUT2D eigenvalue weighted by molar-refractivity contribution is 0.0950. The summed E-state index contributed by atoms with van der Waals surface area (Å²) in [5.74, 6) is 0.0492. The molecule has 0 bridgehead atoms. The van der Waals surface area contributed by atoms with Gasteiger partial charge < -0.3 is 15.6 Å². The molecule has 1 aromatic heterocycles. The number of carbonyl (C=O) groups is 1. The van der Waals surface area contributed by atoms with E-state index < -0.39 is 0 Å². The maximum absolute atomic E-state index is 11.2. The zero-order valence-electron chi connectivity index (χ0n) is 9.30. The van der Waals surface area contributed by atoms with E-state index in [9.17, 15) is 4.79 Å². The molecular formula is C11H12N4O2. The highest BCUT2D eigenvalue weighted by Gasteiger charge is 2.12. The fourth-order valence-electron chi connectivity index (χ4n) is 1.41. The molecule has 0 atom stereocenters. The summed E-state index contributed by atoms with van der Waals surface area (Å²) in [6.07, 6.45) is 0.453. The molecule has 3 N–H and O–H groups in total. The fourth-order valence-corrected chi connectivity index (χ4v) is 1.41. The molecule has 0 fully saturated rings. The van der Waals surface area contributed by atoms with E-state index in [0.717, 1.165) is 5.56 Å². The van der Waals surface area contributed by atoms with Gasteiger partial charge in [0, 0.05) is 12.7 Å². The lowest BCUT2D eigenvalue weighted by Crippen LogP contribution is -2.19. The van der Waals surface area contributed by atoms with Gasteiger partial charge in [0.15, 0.2) is 0 Å². The largest absolute Gasteiger partial charge is 0.399 e. The average molecular weight is 232 g/mol. The molecule has 0 radical (unpaired) electrons. The second kappa shape index (κ2) is 4.65. The van der Waals surface area contributed by atoms with Crippen molar-refractivity contribution in [2.45, 2.75) is 6.42 Å². The number of carbonyl (C=O) groups excluding carboxylic acids is 1.